The number of halogens is 5. The molecule has 0 aromatic heterocycles. The first-order chi connectivity index (χ1) is 7.65. The Morgan fingerprint density at radius 2 is 1.83 bits per heavy atom. The predicted molar refractivity (Wildman–Crippen MR) is 51.7 cm³/mol. The molecular formula is C9H15F5O4. The van der Waals surface area contributed by atoms with Gasteiger partial charge in [0.2, 0.25) is 0 Å². The predicted octanol–water partition coefficient (Wildman–Crippen LogP) is 2.28. The highest BCUT2D eigenvalue weighted by atomic mass is 19.4. The lowest BCUT2D eigenvalue weighted by atomic mass is 10.3. The lowest BCUT2D eigenvalue weighted by molar-refractivity contribution is -0.326. The second kappa shape index (κ2) is 7.47. The minimum Gasteiger partial charge on any atom is -0.477 e. The van der Waals surface area contributed by atoms with E-state index in [9.17, 15) is 22.4 Å². The first-order valence-electron chi connectivity index (χ1n) is 4.89. The smallest absolute Gasteiger partial charge is 0.460 e. The third-order valence-electron chi connectivity index (χ3n) is 1.76. The quantitative estimate of drug-likeness (QED) is 0.728. The molecule has 0 fully saturated rings. The van der Waals surface area contributed by atoms with Crippen LogP contribution in [0.15, 0.2) is 0 Å². The first-order valence-corrected chi connectivity index (χ1v) is 4.89. The van der Waals surface area contributed by atoms with Gasteiger partial charge in [0.1, 0.15) is 0 Å². The zero-order valence-electron chi connectivity index (χ0n) is 9.79. The van der Waals surface area contributed by atoms with E-state index in [2.05, 4.69) is 4.74 Å². The average molecular weight is 282 g/mol. The molecule has 0 saturated carbocycles. The summed E-state index contributed by atoms with van der Waals surface area (Å²) >= 11 is 0. The van der Waals surface area contributed by atoms with Crippen LogP contribution in [0.1, 0.15) is 20.3 Å². The molecule has 0 aromatic rings. The molecule has 0 aliphatic carbocycles. The fraction of sp³-hybridized carbons (Fsp3) is 0.889. The van der Waals surface area contributed by atoms with E-state index < -0.39 is 30.7 Å². The summed E-state index contributed by atoms with van der Waals surface area (Å²) in [4.78, 5) is 10.2. The van der Waals surface area contributed by atoms with Gasteiger partial charge in [0.25, 0.3) is 0 Å². The van der Waals surface area contributed by atoms with Crippen LogP contribution in [-0.4, -0.2) is 42.4 Å². The molecular weight excluding hydrogens is 267 g/mol. The van der Waals surface area contributed by atoms with E-state index in [1.54, 1.807) is 6.92 Å². The van der Waals surface area contributed by atoms with Crippen molar-refractivity contribution in [3.8, 4) is 0 Å². The van der Waals surface area contributed by atoms with E-state index in [1.165, 1.54) is 6.92 Å². The van der Waals surface area contributed by atoms with Crippen LogP contribution in [0.25, 0.3) is 0 Å². The van der Waals surface area contributed by atoms with E-state index in [-0.39, 0.29) is 11.3 Å². The maximum Gasteiger partial charge on any atom is 0.460 e. The van der Waals surface area contributed by atoms with Gasteiger partial charge < -0.3 is 14.6 Å². The van der Waals surface area contributed by atoms with Gasteiger partial charge in [-0.25, -0.2) is 4.79 Å². The van der Waals surface area contributed by atoms with Crippen molar-refractivity contribution in [2.24, 2.45) is 0 Å². The Morgan fingerprint density at radius 3 is 2.17 bits per heavy atom. The van der Waals surface area contributed by atoms with Crippen molar-refractivity contribution >= 4 is 5.97 Å². The summed E-state index contributed by atoms with van der Waals surface area (Å²) in [6.45, 7) is 2.60. The zero-order valence-corrected chi connectivity index (χ0v) is 9.79. The van der Waals surface area contributed by atoms with Crippen molar-refractivity contribution in [3.63, 3.8) is 0 Å². The Balaban J connectivity index is 0. The Kier molecular flexibility index (Phi) is 8.04. The molecule has 0 aliphatic heterocycles. The monoisotopic (exact) mass is 282 g/mol. The number of aliphatic carboxylic acids is 1. The highest BCUT2D eigenvalue weighted by molar-refractivity contribution is 5.76. The maximum absolute atomic E-state index is 13.1. The second-order valence-electron chi connectivity index (χ2n) is 3.39. The molecule has 0 amide bonds. The Labute approximate surface area is 100 Å². The number of alkyl halides is 4. The molecule has 0 rings (SSSR count). The standard InChI is InChI=1S/C9H14F4O4.FH/c1-3-4-16-6(2)5-17-8(10,7(14)15)9(11,12)13;/h6H,3-5H2,1-2H3,(H,14,15);1H. The van der Waals surface area contributed by atoms with Crippen LogP contribution in [-0.2, 0) is 14.3 Å². The molecule has 0 aliphatic rings. The largest absolute Gasteiger partial charge is 0.477 e. The molecule has 0 heterocycles. The summed E-state index contributed by atoms with van der Waals surface area (Å²) in [5, 5.41) is 8.20. The van der Waals surface area contributed by atoms with Crippen LogP contribution in [0.2, 0.25) is 0 Å². The van der Waals surface area contributed by atoms with Crippen LogP contribution in [0.5, 0.6) is 0 Å². The van der Waals surface area contributed by atoms with Crippen molar-refractivity contribution in [1.82, 2.24) is 0 Å². The van der Waals surface area contributed by atoms with E-state index in [1.807, 2.05) is 0 Å². The SMILES string of the molecule is CCCOC(C)COC(F)(C(=O)O)C(F)(F)F.F. The van der Waals surface area contributed by atoms with Crippen LogP contribution in [0.3, 0.4) is 0 Å². The van der Waals surface area contributed by atoms with Crippen molar-refractivity contribution in [1.29, 1.82) is 0 Å². The van der Waals surface area contributed by atoms with Crippen LogP contribution in [0.4, 0.5) is 22.3 Å². The summed E-state index contributed by atoms with van der Waals surface area (Å²) in [7, 11) is 0. The minimum atomic E-state index is -5.64. The van der Waals surface area contributed by atoms with Gasteiger partial charge in [-0.3, -0.25) is 4.70 Å². The molecule has 0 bridgehead atoms. The Bertz CT molecular complexity index is 258. The van der Waals surface area contributed by atoms with Gasteiger partial charge in [0.05, 0.1) is 12.7 Å². The van der Waals surface area contributed by atoms with Crippen molar-refractivity contribution < 1.29 is 41.6 Å². The average Bonchev–Trinajstić information content (AvgIpc) is 2.20. The Hall–Kier alpha value is -0.960. The van der Waals surface area contributed by atoms with Gasteiger partial charge in [-0.05, 0) is 13.3 Å². The highest BCUT2D eigenvalue weighted by Gasteiger charge is 2.64. The molecule has 2 atom stereocenters. The molecule has 0 saturated heterocycles. The fourth-order valence-electron chi connectivity index (χ4n) is 0.864. The van der Waals surface area contributed by atoms with E-state index in [0.717, 1.165) is 0 Å². The number of ether oxygens (including phenoxy) is 2. The number of hydrogen-bond acceptors (Lipinski definition) is 3. The number of hydrogen-bond donors (Lipinski definition) is 1. The van der Waals surface area contributed by atoms with Crippen LogP contribution < -0.4 is 0 Å². The molecule has 0 radical (unpaired) electrons. The summed E-state index contributed by atoms with van der Waals surface area (Å²) in [5.41, 5.74) is 0. The number of rotatable bonds is 7. The van der Waals surface area contributed by atoms with E-state index in [4.69, 9.17) is 9.84 Å². The molecule has 1 N–H and O–H groups in total. The molecule has 9 heteroatoms. The van der Waals surface area contributed by atoms with Gasteiger partial charge >= 0.3 is 18.0 Å². The summed E-state index contributed by atoms with van der Waals surface area (Å²) in [6.07, 6.45) is -5.83. The second-order valence-corrected chi connectivity index (χ2v) is 3.39. The third kappa shape index (κ3) is 5.13. The van der Waals surface area contributed by atoms with Gasteiger partial charge in [-0.15, -0.1) is 0 Å². The Morgan fingerprint density at radius 1 is 1.33 bits per heavy atom. The molecule has 2 unspecified atom stereocenters. The zero-order chi connectivity index (χ0) is 13.7. The normalized spacial score (nSPS) is 16.6. The minimum absolute atomic E-state index is 0. The van der Waals surface area contributed by atoms with E-state index in [0.29, 0.717) is 6.42 Å². The molecule has 0 spiro atoms. The number of carboxylic acids is 1. The highest BCUT2D eigenvalue weighted by Crippen LogP contribution is 2.35. The van der Waals surface area contributed by atoms with Crippen molar-refractivity contribution in [3.05, 3.63) is 0 Å². The van der Waals surface area contributed by atoms with Gasteiger partial charge in [-0.1, -0.05) is 6.92 Å². The fourth-order valence-corrected chi connectivity index (χ4v) is 0.864. The molecule has 0 aromatic carbocycles. The summed E-state index contributed by atoms with van der Waals surface area (Å²) < 4.78 is 58.2. The first kappa shape index (κ1) is 19.4. The summed E-state index contributed by atoms with van der Waals surface area (Å²) in [6, 6.07) is 0. The van der Waals surface area contributed by atoms with Crippen LogP contribution in [0, 0.1) is 0 Å². The molecule has 18 heavy (non-hydrogen) atoms. The number of carboxylic acid groups (broad SMARTS) is 1. The lowest BCUT2D eigenvalue weighted by Gasteiger charge is -2.25. The van der Waals surface area contributed by atoms with Crippen LogP contribution >= 0.6 is 0 Å². The lowest BCUT2D eigenvalue weighted by Crippen LogP contribution is -2.51. The maximum atomic E-state index is 13.1. The molecule has 4 nitrogen and oxygen atoms in total. The van der Waals surface area contributed by atoms with Gasteiger partial charge in [0, 0.05) is 6.61 Å². The third-order valence-corrected chi connectivity index (χ3v) is 1.76. The van der Waals surface area contributed by atoms with Gasteiger partial charge in [-0.2, -0.15) is 17.6 Å². The number of carbonyl (C=O) groups is 1. The summed E-state index contributed by atoms with van der Waals surface area (Å²) in [5.74, 6) is -7.43. The topological polar surface area (TPSA) is 55.8 Å². The van der Waals surface area contributed by atoms with Crippen molar-refractivity contribution in [2.75, 3.05) is 13.2 Å². The van der Waals surface area contributed by atoms with E-state index >= 15 is 0 Å². The van der Waals surface area contributed by atoms with Crippen molar-refractivity contribution in [2.45, 2.75) is 38.4 Å². The molecule has 110 valence electrons. The van der Waals surface area contributed by atoms with Gasteiger partial charge in [0.15, 0.2) is 0 Å².